The van der Waals surface area contributed by atoms with Gasteiger partial charge in [-0.05, 0) is 37.3 Å². The third kappa shape index (κ3) is 3.29. The molecule has 0 radical (unpaired) electrons. The number of hydrogen-bond acceptors (Lipinski definition) is 1. The topological polar surface area (TPSA) is 20.2 Å². The van der Waals surface area contributed by atoms with Gasteiger partial charge in [-0.15, -0.1) is 0 Å². The molecule has 3 heteroatoms. The quantitative estimate of drug-likeness (QED) is 0.793. The van der Waals surface area contributed by atoms with Crippen LogP contribution in [-0.4, -0.2) is 5.11 Å². The molecule has 0 fully saturated rings. The van der Waals surface area contributed by atoms with Gasteiger partial charge in [0.1, 0.15) is 11.6 Å². The molecule has 1 rings (SSSR count). The van der Waals surface area contributed by atoms with Crippen LogP contribution in [0.5, 0.6) is 0 Å². The maximum atomic E-state index is 14.0. The number of hydrogen-bond donors (Lipinski definition) is 1. The van der Waals surface area contributed by atoms with Crippen molar-refractivity contribution in [3.8, 4) is 0 Å². The van der Waals surface area contributed by atoms with Crippen LogP contribution in [0.25, 0.3) is 0 Å². The lowest BCUT2D eigenvalue weighted by Crippen LogP contribution is -2.16. The molecule has 1 aromatic rings. The Hall–Kier alpha value is -0.960. The van der Waals surface area contributed by atoms with Crippen LogP contribution in [0, 0.1) is 24.5 Å². The fourth-order valence-corrected chi connectivity index (χ4v) is 2.39. The number of rotatable bonds is 6. The Morgan fingerprint density at radius 1 is 1.11 bits per heavy atom. The summed E-state index contributed by atoms with van der Waals surface area (Å²) in [6, 6.07) is 2.63. The van der Waals surface area contributed by atoms with Crippen LogP contribution < -0.4 is 0 Å². The molecule has 102 valence electrons. The molecule has 0 aliphatic carbocycles. The molecule has 0 spiro atoms. The van der Waals surface area contributed by atoms with Crippen LogP contribution in [0.2, 0.25) is 0 Å². The number of benzene rings is 1. The smallest absolute Gasteiger partial charge is 0.134 e. The Balaban J connectivity index is 3.07. The van der Waals surface area contributed by atoms with Gasteiger partial charge in [-0.2, -0.15) is 0 Å². The van der Waals surface area contributed by atoms with Crippen molar-refractivity contribution in [2.45, 2.75) is 52.6 Å². The second kappa shape index (κ2) is 6.83. The second-order valence-electron chi connectivity index (χ2n) is 4.87. The van der Waals surface area contributed by atoms with Crippen molar-refractivity contribution >= 4 is 0 Å². The molecule has 0 aliphatic heterocycles. The fraction of sp³-hybridized carbons (Fsp3) is 0.600. The fourth-order valence-electron chi connectivity index (χ4n) is 2.39. The summed E-state index contributed by atoms with van der Waals surface area (Å²) in [5, 5.41) is 10.2. The molecular formula is C15H22F2O. The zero-order chi connectivity index (χ0) is 13.7. The predicted molar refractivity (Wildman–Crippen MR) is 69.4 cm³/mol. The average Bonchev–Trinajstić information content (AvgIpc) is 2.34. The van der Waals surface area contributed by atoms with Crippen LogP contribution >= 0.6 is 0 Å². The minimum Gasteiger partial charge on any atom is -0.388 e. The second-order valence-corrected chi connectivity index (χ2v) is 4.87. The molecule has 1 N–H and O–H groups in total. The van der Waals surface area contributed by atoms with Crippen molar-refractivity contribution in [3.63, 3.8) is 0 Å². The van der Waals surface area contributed by atoms with E-state index in [1.54, 1.807) is 6.92 Å². The first kappa shape index (κ1) is 15.1. The van der Waals surface area contributed by atoms with Gasteiger partial charge in [0.05, 0.1) is 11.7 Å². The zero-order valence-corrected chi connectivity index (χ0v) is 11.3. The molecular weight excluding hydrogens is 234 g/mol. The summed E-state index contributed by atoms with van der Waals surface area (Å²) in [7, 11) is 0. The van der Waals surface area contributed by atoms with Crippen LogP contribution in [0.1, 0.15) is 56.8 Å². The van der Waals surface area contributed by atoms with E-state index in [2.05, 4.69) is 0 Å². The van der Waals surface area contributed by atoms with E-state index in [4.69, 9.17) is 0 Å². The van der Waals surface area contributed by atoms with Gasteiger partial charge in [-0.25, -0.2) is 8.78 Å². The van der Waals surface area contributed by atoms with E-state index < -0.39 is 17.7 Å². The largest absolute Gasteiger partial charge is 0.388 e. The highest BCUT2D eigenvalue weighted by Crippen LogP contribution is 2.33. The maximum Gasteiger partial charge on any atom is 0.134 e. The number of halogens is 2. The third-order valence-electron chi connectivity index (χ3n) is 3.38. The van der Waals surface area contributed by atoms with Crippen molar-refractivity contribution in [2.75, 3.05) is 0 Å². The highest BCUT2D eigenvalue weighted by molar-refractivity contribution is 5.28. The first-order valence-corrected chi connectivity index (χ1v) is 6.65. The van der Waals surface area contributed by atoms with Crippen molar-refractivity contribution in [1.29, 1.82) is 0 Å². The Morgan fingerprint density at radius 2 is 1.67 bits per heavy atom. The molecule has 1 aromatic carbocycles. The molecule has 0 saturated heterocycles. The Bertz CT molecular complexity index is 384. The van der Waals surface area contributed by atoms with Gasteiger partial charge in [0.2, 0.25) is 0 Å². The minimum absolute atomic E-state index is 0.0780. The van der Waals surface area contributed by atoms with E-state index in [-0.39, 0.29) is 11.5 Å². The molecule has 0 aromatic heterocycles. The maximum absolute atomic E-state index is 14.0. The van der Waals surface area contributed by atoms with Crippen LogP contribution in [0.15, 0.2) is 12.1 Å². The Kier molecular flexibility index (Phi) is 5.73. The highest BCUT2D eigenvalue weighted by Gasteiger charge is 2.26. The van der Waals surface area contributed by atoms with Crippen molar-refractivity contribution in [2.24, 2.45) is 5.92 Å². The number of aryl methyl sites for hydroxylation is 1. The molecule has 0 heterocycles. The summed E-state index contributed by atoms with van der Waals surface area (Å²) in [5.41, 5.74) is 0.207. The van der Waals surface area contributed by atoms with Crippen LogP contribution in [0.3, 0.4) is 0 Å². The summed E-state index contributed by atoms with van der Waals surface area (Å²) >= 11 is 0. The molecule has 1 unspecified atom stereocenters. The first-order chi connectivity index (χ1) is 8.52. The number of aliphatic hydroxyl groups excluding tert-OH is 1. The van der Waals surface area contributed by atoms with Crippen LogP contribution in [-0.2, 0) is 0 Å². The normalized spacial score (nSPS) is 13.1. The van der Waals surface area contributed by atoms with E-state index in [9.17, 15) is 13.9 Å². The van der Waals surface area contributed by atoms with Crippen molar-refractivity contribution in [1.82, 2.24) is 0 Å². The molecule has 0 amide bonds. The molecule has 1 atom stereocenters. The van der Waals surface area contributed by atoms with Gasteiger partial charge in [0.15, 0.2) is 0 Å². The number of aliphatic hydroxyl groups is 1. The van der Waals surface area contributed by atoms with Gasteiger partial charge < -0.3 is 5.11 Å². The van der Waals surface area contributed by atoms with Crippen molar-refractivity contribution in [3.05, 3.63) is 34.9 Å². The summed E-state index contributed by atoms with van der Waals surface area (Å²) in [6.07, 6.45) is 2.31. The van der Waals surface area contributed by atoms with Gasteiger partial charge in [-0.3, -0.25) is 0 Å². The molecule has 1 nitrogen and oxygen atoms in total. The van der Waals surface area contributed by atoms with Gasteiger partial charge in [-0.1, -0.05) is 32.8 Å². The van der Waals surface area contributed by atoms with Gasteiger partial charge in [0, 0.05) is 0 Å². The predicted octanol–water partition coefficient (Wildman–Crippen LogP) is 4.52. The minimum atomic E-state index is -1.05. The van der Waals surface area contributed by atoms with Crippen LogP contribution in [0.4, 0.5) is 8.78 Å². The van der Waals surface area contributed by atoms with E-state index in [1.807, 2.05) is 13.8 Å². The molecule has 0 aliphatic rings. The SMILES string of the molecule is CCCC(CCC)C(O)c1c(F)ccc(C)c1F. The molecule has 18 heavy (non-hydrogen) atoms. The summed E-state index contributed by atoms with van der Waals surface area (Å²) in [6.45, 7) is 5.61. The van der Waals surface area contributed by atoms with Crippen molar-refractivity contribution < 1.29 is 13.9 Å². The van der Waals surface area contributed by atoms with E-state index in [0.717, 1.165) is 25.7 Å². The van der Waals surface area contributed by atoms with Gasteiger partial charge in [0.25, 0.3) is 0 Å². The summed E-state index contributed by atoms with van der Waals surface area (Å²) < 4.78 is 27.7. The first-order valence-electron chi connectivity index (χ1n) is 6.65. The lowest BCUT2D eigenvalue weighted by molar-refractivity contribution is 0.0891. The van der Waals surface area contributed by atoms with E-state index in [0.29, 0.717) is 5.56 Å². The Morgan fingerprint density at radius 3 is 2.17 bits per heavy atom. The standard InChI is InChI=1S/C15H22F2O/c1-4-6-11(7-5-2)15(18)13-12(16)9-8-10(3)14(13)17/h8-9,11,15,18H,4-7H2,1-3H3. The van der Waals surface area contributed by atoms with E-state index >= 15 is 0 Å². The third-order valence-corrected chi connectivity index (χ3v) is 3.38. The van der Waals surface area contributed by atoms with Gasteiger partial charge >= 0.3 is 0 Å². The Labute approximate surface area is 108 Å². The lowest BCUT2D eigenvalue weighted by Gasteiger charge is -2.23. The monoisotopic (exact) mass is 256 g/mol. The average molecular weight is 256 g/mol. The molecule has 0 saturated carbocycles. The summed E-state index contributed by atoms with van der Waals surface area (Å²) in [4.78, 5) is 0. The highest BCUT2D eigenvalue weighted by atomic mass is 19.1. The summed E-state index contributed by atoms with van der Waals surface area (Å²) in [5.74, 6) is -1.34. The molecule has 0 bridgehead atoms. The lowest BCUT2D eigenvalue weighted by atomic mass is 9.87. The van der Waals surface area contributed by atoms with E-state index in [1.165, 1.54) is 12.1 Å². The zero-order valence-electron chi connectivity index (χ0n) is 11.3.